The molecule has 0 nitrogen and oxygen atoms in total. The van der Waals surface area contributed by atoms with E-state index in [9.17, 15) is 0 Å². The van der Waals surface area contributed by atoms with Gasteiger partial charge in [-0.3, -0.25) is 0 Å². The molecule has 672 valence electrons. The van der Waals surface area contributed by atoms with Crippen LogP contribution in [-0.4, -0.2) is 0 Å². The molecule has 0 aliphatic heterocycles. The Morgan fingerprint density at radius 1 is 0.0986 bits per heavy atom. The van der Waals surface area contributed by atoms with Crippen LogP contribution in [0, 0.1) is 0 Å². The monoisotopic (exact) mass is 2120 g/mol. The van der Waals surface area contributed by atoms with Gasteiger partial charge in [0, 0.05) is 131 Å². The van der Waals surface area contributed by atoms with Gasteiger partial charge in [0.1, 0.15) is 0 Å². The van der Waals surface area contributed by atoms with E-state index >= 15 is 0 Å². The molecular formula is C138H108Y4. The third-order valence-corrected chi connectivity index (χ3v) is 26.9. The van der Waals surface area contributed by atoms with Crippen LogP contribution in [0.5, 0.6) is 0 Å². The molecule has 0 aliphatic carbocycles. The zero-order valence-corrected chi connectivity index (χ0v) is 93.2. The predicted molar refractivity (Wildman–Crippen MR) is 608 cm³/mol. The van der Waals surface area contributed by atoms with Crippen LogP contribution in [0.3, 0.4) is 0 Å². The molecule has 0 aliphatic rings. The maximum atomic E-state index is 2.43. The molecule has 4 radical (unpaired) electrons. The molecule has 0 saturated heterocycles. The SMILES string of the molecule is CC.CC.CC.CC.[Y].[Y].[Y].[Y].c1ccc(-c2c3ccccc3c(-c3ccccc3)c3cc(-c4cccc5ccccc45)ccc23)cc1.c1ccc2c(-c3cc4ccccc4c4ccccc34)cccc2c1.c1ccc2c(-c3ccc4ccc5cccc6ccc3c4c56)cccc2c1.c1ccc2cc(-c3c4ccccc4c(-c4ccc5ccccc5c4)c4cc(-c5cccc6ccccc56)ccc34)ccc2c1. The molecule has 0 heterocycles. The van der Waals surface area contributed by atoms with Crippen LogP contribution >= 0.6 is 0 Å². The molecule has 4 heteroatoms. The summed E-state index contributed by atoms with van der Waals surface area (Å²) in [6.07, 6.45) is 0. The molecule has 0 bridgehead atoms. The van der Waals surface area contributed by atoms with Crippen LogP contribution in [0.4, 0.5) is 0 Å². The van der Waals surface area contributed by atoms with Crippen LogP contribution in [0.25, 0.3) is 251 Å². The zero-order valence-electron chi connectivity index (χ0n) is 81.8. The molecule has 0 aromatic heterocycles. The second kappa shape index (κ2) is 47.6. The quantitative estimate of drug-likeness (QED) is 0.105. The molecule has 0 atom stereocenters. The molecule has 27 rings (SSSR count). The van der Waals surface area contributed by atoms with Crippen molar-refractivity contribution in [2.24, 2.45) is 0 Å². The molecule has 0 N–H and O–H groups in total. The van der Waals surface area contributed by atoms with Crippen LogP contribution in [0.2, 0.25) is 0 Å². The van der Waals surface area contributed by atoms with E-state index in [0.717, 1.165) is 0 Å². The number of hydrogen-bond acceptors (Lipinski definition) is 0. The summed E-state index contributed by atoms with van der Waals surface area (Å²) in [5.41, 5.74) is 20.4. The van der Waals surface area contributed by atoms with Crippen molar-refractivity contribution < 1.29 is 131 Å². The molecule has 142 heavy (non-hydrogen) atoms. The van der Waals surface area contributed by atoms with Gasteiger partial charge in [-0.2, -0.15) is 0 Å². The Hall–Kier alpha value is -12.5. The van der Waals surface area contributed by atoms with E-state index in [-0.39, 0.29) is 131 Å². The summed E-state index contributed by atoms with van der Waals surface area (Å²) in [4.78, 5) is 0. The fraction of sp³-hybridized carbons (Fsp3) is 0.0580. The second-order valence-electron chi connectivity index (χ2n) is 34.2. The Morgan fingerprint density at radius 2 is 0.345 bits per heavy atom. The summed E-state index contributed by atoms with van der Waals surface area (Å²) in [6, 6.07) is 186. The average molecular weight is 2120 g/mol. The van der Waals surface area contributed by atoms with Crippen molar-refractivity contribution in [1.82, 2.24) is 0 Å². The number of hydrogen-bond donors (Lipinski definition) is 0. The van der Waals surface area contributed by atoms with E-state index in [0.29, 0.717) is 0 Å². The molecular weight excluding hydrogens is 2010 g/mol. The van der Waals surface area contributed by atoms with E-state index in [1.165, 1.54) is 251 Å². The Kier molecular flexibility index (Phi) is 34.3. The normalized spacial score (nSPS) is 10.7. The zero-order chi connectivity index (χ0) is 94.0. The Bertz CT molecular complexity index is 9100. The minimum Gasteiger partial charge on any atom is -0.0683 e. The Balaban J connectivity index is 0.000000135. The maximum Gasteiger partial charge on any atom is 0 e. The van der Waals surface area contributed by atoms with Crippen LogP contribution < -0.4 is 0 Å². The van der Waals surface area contributed by atoms with Crippen LogP contribution in [0.15, 0.2) is 510 Å². The summed E-state index contributed by atoms with van der Waals surface area (Å²) >= 11 is 0. The molecule has 27 aromatic carbocycles. The fourth-order valence-electron chi connectivity index (χ4n) is 21.0. The molecule has 0 spiro atoms. The summed E-state index contributed by atoms with van der Waals surface area (Å²) in [7, 11) is 0. The Morgan fingerprint density at radius 3 is 0.775 bits per heavy atom. The van der Waals surface area contributed by atoms with Crippen molar-refractivity contribution in [1.29, 1.82) is 0 Å². The Labute approximate surface area is 935 Å². The van der Waals surface area contributed by atoms with Crippen molar-refractivity contribution in [3.8, 4) is 89.0 Å². The molecule has 0 unspecified atom stereocenters. The van der Waals surface area contributed by atoms with Gasteiger partial charge in [0.2, 0.25) is 0 Å². The van der Waals surface area contributed by atoms with Gasteiger partial charge < -0.3 is 0 Å². The topological polar surface area (TPSA) is 0 Å². The van der Waals surface area contributed by atoms with E-state index in [1.54, 1.807) is 0 Å². The van der Waals surface area contributed by atoms with Gasteiger partial charge in [-0.15, -0.1) is 0 Å². The van der Waals surface area contributed by atoms with Gasteiger partial charge >= 0.3 is 0 Å². The van der Waals surface area contributed by atoms with Crippen molar-refractivity contribution in [2.75, 3.05) is 0 Å². The standard InChI is InChI=1S/C44H28.C36H24.C26H16.C24H16.4C2H6.4Y/c1-3-13-32-26-35(22-20-29(32)10-1)43-39-17-7-8-18-40(39)44(36-23-21-30-11-2-4-14-33(30)27-36)42-28-34(24-25-41(42)43)38-19-9-15-31-12-5-6-16-37(31)38;1-3-13-26(14-4-1)35-31-19-9-10-20-32(31)36(27-15-5-2-6-16-27)34-24-28(22-23-33(34)35)30-21-11-17-25-12-7-8-18-29(25)30;1-2-9-21-17(5-1)6-4-10-22(21)23-15-13-20-12-11-18-7-3-8-19-14-16-24(23)26(20)25(18)19;1-3-11-19-17(8-1)10-7-15-22(19)24-16-18-9-2-4-12-20(18)21-13-5-6-14-23(21)24;4*1-2;;;;/h1-28H;1-24H;1-16H;1-16H;4*1-2H3;;;;. The third-order valence-electron chi connectivity index (χ3n) is 26.9. The van der Waals surface area contributed by atoms with Crippen LogP contribution in [0.1, 0.15) is 55.4 Å². The van der Waals surface area contributed by atoms with E-state index in [4.69, 9.17) is 0 Å². The smallest absolute Gasteiger partial charge is 0 e. The summed E-state index contributed by atoms with van der Waals surface area (Å²) in [5, 5.41) is 38.8. The van der Waals surface area contributed by atoms with Crippen molar-refractivity contribution in [3.05, 3.63) is 510 Å². The first-order chi connectivity index (χ1) is 68.5. The van der Waals surface area contributed by atoms with E-state index in [2.05, 4.69) is 510 Å². The first-order valence-electron chi connectivity index (χ1n) is 49.1. The minimum atomic E-state index is 0. The summed E-state index contributed by atoms with van der Waals surface area (Å²) < 4.78 is 0. The van der Waals surface area contributed by atoms with Gasteiger partial charge in [0.15, 0.2) is 0 Å². The molecule has 0 saturated carbocycles. The van der Waals surface area contributed by atoms with Crippen molar-refractivity contribution >= 4 is 162 Å². The van der Waals surface area contributed by atoms with Gasteiger partial charge in [-0.05, 0) is 281 Å². The van der Waals surface area contributed by atoms with Crippen molar-refractivity contribution in [3.63, 3.8) is 0 Å². The number of rotatable bonds is 8. The summed E-state index contributed by atoms with van der Waals surface area (Å²) in [6.45, 7) is 16.0. The van der Waals surface area contributed by atoms with Gasteiger partial charge in [-0.25, -0.2) is 0 Å². The van der Waals surface area contributed by atoms with E-state index in [1.807, 2.05) is 55.4 Å². The number of benzene rings is 27. The molecule has 27 aromatic rings. The van der Waals surface area contributed by atoms with E-state index < -0.39 is 0 Å². The van der Waals surface area contributed by atoms with Gasteiger partial charge in [0.05, 0.1) is 0 Å². The van der Waals surface area contributed by atoms with Crippen molar-refractivity contribution in [2.45, 2.75) is 55.4 Å². The minimum absolute atomic E-state index is 0. The number of fused-ring (bicyclic) bond motifs is 13. The fourth-order valence-corrected chi connectivity index (χ4v) is 21.0. The van der Waals surface area contributed by atoms with Gasteiger partial charge in [-0.1, -0.05) is 535 Å². The largest absolute Gasteiger partial charge is 0.0683 e. The summed E-state index contributed by atoms with van der Waals surface area (Å²) in [5.74, 6) is 0. The third kappa shape index (κ3) is 20.1. The molecule has 0 amide bonds. The van der Waals surface area contributed by atoms with Gasteiger partial charge in [0.25, 0.3) is 0 Å². The average Bonchev–Trinajstić information content (AvgIpc) is 0.730. The maximum absolute atomic E-state index is 2.43. The second-order valence-corrected chi connectivity index (χ2v) is 34.2. The predicted octanol–water partition coefficient (Wildman–Crippen LogP) is 40.9. The first-order valence-corrected chi connectivity index (χ1v) is 49.1. The molecule has 0 fully saturated rings. The van der Waals surface area contributed by atoms with Crippen LogP contribution in [-0.2, 0) is 131 Å². The first kappa shape index (κ1) is 102.